The third kappa shape index (κ3) is 2.97. The van der Waals surface area contributed by atoms with Crippen LogP contribution in [-0.4, -0.2) is 0 Å². The molecule has 0 N–H and O–H groups in total. The Morgan fingerprint density at radius 2 is 1.05 bits per heavy atom. The van der Waals surface area contributed by atoms with Crippen molar-refractivity contribution in [2.24, 2.45) is 0 Å². The first-order valence-electron chi connectivity index (χ1n) is 5.49. The van der Waals surface area contributed by atoms with E-state index >= 15 is 0 Å². The third-order valence-corrected chi connectivity index (χ3v) is 6.76. The van der Waals surface area contributed by atoms with Crippen molar-refractivity contribution in [1.29, 1.82) is 21.0 Å². The maximum atomic E-state index is 8.95. The zero-order valence-corrected chi connectivity index (χ0v) is 15.3. The number of nitriles is 4. The van der Waals surface area contributed by atoms with Crippen LogP contribution in [0.1, 0.15) is 0 Å². The van der Waals surface area contributed by atoms with Crippen LogP contribution in [0.15, 0.2) is 21.1 Å². The second-order valence-corrected chi connectivity index (χ2v) is 7.59. The molecule has 2 rings (SSSR count). The van der Waals surface area contributed by atoms with E-state index in [0.29, 0.717) is 9.06 Å². The van der Waals surface area contributed by atoms with Gasteiger partial charge in [0, 0.05) is 8.95 Å². The van der Waals surface area contributed by atoms with E-state index in [9.17, 15) is 0 Å². The van der Waals surface area contributed by atoms with Gasteiger partial charge in [0.2, 0.25) is 0 Å². The summed E-state index contributed by atoms with van der Waals surface area (Å²) in [6.07, 6.45) is 0. The van der Waals surface area contributed by atoms with Crippen LogP contribution in [-0.2, 0) is 0 Å². The Bertz CT molecular complexity index is 1020. The van der Waals surface area contributed by atoms with Crippen LogP contribution < -0.4 is 9.06 Å². The molecule has 2 aromatic heterocycles. The molecule has 0 radical (unpaired) electrons. The van der Waals surface area contributed by atoms with Gasteiger partial charge in [-0.3, -0.25) is 0 Å². The topological polar surface area (TPSA) is 95.2 Å². The number of hydrogen-bond acceptors (Lipinski definition) is 6. The molecule has 0 bridgehead atoms. The zero-order chi connectivity index (χ0) is 16.3. The molecule has 2 aromatic rings. The Hall–Kier alpha value is -1.94. The van der Waals surface area contributed by atoms with Crippen molar-refractivity contribution in [3.05, 3.63) is 39.2 Å². The SMILES string of the molecule is N#CC(C#N)=c1cc(Br)/c(=c2/sc(=C(C#N)C#N)cc2Br)s1. The second kappa shape index (κ2) is 6.88. The van der Waals surface area contributed by atoms with Crippen molar-refractivity contribution in [2.75, 3.05) is 0 Å². The van der Waals surface area contributed by atoms with Crippen molar-refractivity contribution >= 4 is 65.7 Å². The van der Waals surface area contributed by atoms with Gasteiger partial charge in [-0.05, 0) is 44.0 Å². The fourth-order valence-corrected chi connectivity index (χ4v) is 5.62. The van der Waals surface area contributed by atoms with Gasteiger partial charge >= 0.3 is 0 Å². The molecule has 8 heteroatoms. The second-order valence-electron chi connectivity index (χ2n) is 3.77. The maximum Gasteiger partial charge on any atom is 0.146 e. The molecule has 0 aliphatic rings. The average Bonchev–Trinajstić information content (AvgIpc) is 3.05. The zero-order valence-electron chi connectivity index (χ0n) is 10.5. The first-order chi connectivity index (χ1) is 10.5. The summed E-state index contributed by atoms with van der Waals surface area (Å²) in [6.45, 7) is 0. The van der Waals surface area contributed by atoms with E-state index in [4.69, 9.17) is 21.0 Å². The molecule has 0 aliphatic carbocycles. The predicted molar refractivity (Wildman–Crippen MR) is 90.2 cm³/mol. The fraction of sp³-hybridized carbons (Fsp3) is 0. The van der Waals surface area contributed by atoms with Gasteiger partial charge in [0.15, 0.2) is 0 Å². The molecule has 2 heterocycles. The van der Waals surface area contributed by atoms with Crippen LogP contribution in [0.2, 0.25) is 0 Å². The molecule has 22 heavy (non-hydrogen) atoms. The van der Waals surface area contributed by atoms with E-state index in [1.54, 1.807) is 12.1 Å². The summed E-state index contributed by atoms with van der Waals surface area (Å²) < 4.78 is 4.30. The smallest absolute Gasteiger partial charge is 0.146 e. The molecular formula is C14H2Br2N4S2. The normalized spacial score (nSPS) is 10.8. The summed E-state index contributed by atoms with van der Waals surface area (Å²) in [5.74, 6) is 0. The van der Waals surface area contributed by atoms with Crippen LogP contribution in [0.3, 0.4) is 0 Å². The van der Waals surface area contributed by atoms with E-state index in [0.717, 1.165) is 18.0 Å². The van der Waals surface area contributed by atoms with Crippen molar-refractivity contribution in [2.45, 2.75) is 0 Å². The van der Waals surface area contributed by atoms with Crippen molar-refractivity contribution < 1.29 is 0 Å². The fourth-order valence-electron chi connectivity index (χ4n) is 1.56. The lowest BCUT2D eigenvalue weighted by atomic mass is 10.3. The van der Waals surface area contributed by atoms with Crippen molar-refractivity contribution in [3.63, 3.8) is 0 Å². The highest BCUT2D eigenvalue weighted by Crippen LogP contribution is 2.22. The molecule has 0 unspecified atom stereocenters. The Labute approximate surface area is 149 Å². The summed E-state index contributed by atoms with van der Waals surface area (Å²) in [6, 6.07) is 10.9. The van der Waals surface area contributed by atoms with Gasteiger partial charge in [-0.15, -0.1) is 22.7 Å². The monoisotopic (exact) mass is 448 g/mol. The van der Waals surface area contributed by atoms with Gasteiger partial charge in [0.25, 0.3) is 0 Å². The van der Waals surface area contributed by atoms with E-state index in [2.05, 4.69) is 31.9 Å². The summed E-state index contributed by atoms with van der Waals surface area (Å²) >= 11 is 9.45. The number of hydrogen-bond donors (Lipinski definition) is 0. The number of thiophene rings is 2. The Balaban J connectivity index is 3.05. The van der Waals surface area contributed by atoms with Gasteiger partial charge in [0.05, 0.1) is 18.1 Å². The minimum absolute atomic E-state index is 0.0474. The Morgan fingerprint density at radius 1 is 0.727 bits per heavy atom. The molecular weight excluding hydrogens is 448 g/mol. The van der Waals surface area contributed by atoms with E-state index in [-0.39, 0.29) is 11.1 Å². The highest BCUT2D eigenvalue weighted by molar-refractivity contribution is 9.11. The molecule has 0 saturated carbocycles. The quantitative estimate of drug-likeness (QED) is 0.617. The molecule has 4 nitrogen and oxygen atoms in total. The Kier molecular flexibility index (Phi) is 5.14. The van der Waals surface area contributed by atoms with Crippen LogP contribution >= 0.6 is 54.5 Å². The number of nitrogens with zero attached hydrogens (tertiary/aromatic N) is 4. The Morgan fingerprint density at radius 3 is 1.32 bits per heavy atom. The van der Waals surface area contributed by atoms with E-state index < -0.39 is 0 Å². The van der Waals surface area contributed by atoms with E-state index in [1.165, 1.54) is 22.7 Å². The van der Waals surface area contributed by atoms with Crippen LogP contribution in [0.5, 0.6) is 0 Å². The standard InChI is InChI=1S/C14H2Br2N4S2/c15-9-1-11(7(3-17)4-18)21-13(9)14-10(16)2-12(22-14)8(5-19)6-20/h1-2H/b14-13-. The molecule has 0 aliphatic heterocycles. The van der Waals surface area contributed by atoms with Crippen LogP contribution in [0, 0.1) is 54.4 Å². The van der Waals surface area contributed by atoms with Gasteiger partial charge in [-0.25, -0.2) is 0 Å². The van der Waals surface area contributed by atoms with Crippen LogP contribution in [0.4, 0.5) is 0 Å². The van der Waals surface area contributed by atoms with Gasteiger partial charge in [-0.2, -0.15) is 21.0 Å². The molecule has 0 aromatic carbocycles. The summed E-state index contributed by atoms with van der Waals surface area (Å²) in [5, 5.41) is 35.8. The highest BCUT2D eigenvalue weighted by atomic mass is 79.9. The predicted octanol–water partition coefficient (Wildman–Crippen LogP) is 3.02. The highest BCUT2D eigenvalue weighted by Gasteiger charge is 2.06. The van der Waals surface area contributed by atoms with E-state index in [1.807, 2.05) is 24.3 Å². The van der Waals surface area contributed by atoms with Gasteiger partial charge < -0.3 is 0 Å². The third-order valence-electron chi connectivity index (χ3n) is 2.52. The summed E-state index contributed by atoms with van der Waals surface area (Å²) in [4.78, 5) is 0. The first kappa shape index (κ1) is 16.4. The molecule has 0 atom stereocenters. The van der Waals surface area contributed by atoms with Crippen molar-refractivity contribution in [1.82, 2.24) is 0 Å². The maximum absolute atomic E-state index is 8.95. The molecule has 104 valence electrons. The summed E-state index contributed by atoms with van der Waals surface area (Å²) in [7, 11) is 0. The minimum Gasteiger partial charge on any atom is -0.192 e. The lowest BCUT2D eigenvalue weighted by Crippen LogP contribution is -1.94. The molecule has 0 amide bonds. The number of rotatable bonds is 0. The lowest BCUT2D eigenvalue weighted by molar-refractivity contribution is 1.50. The first-order valence-corrected chi connectivity index (χ1v) is 8.71. The number of halogens is 2. The molecule has 0 saturated heterocycles. The van der Waals surface area contributed by atoms with Gasteiger partial charge in [0.1, 0.15) is 35.4 Å². The summed E-state index contributed by atoms with van der Waals surface area (Å²) in [5.41, 5.74) is 0.0947. The average molecular weight is 450 g/mol. The minimum atomic E-state index is 0.0474. The molecule has 0 spiro atoms. The van der Waals surface area contributed by atoms with Crippen LogP contribution in [0.25, 0.3) is 11.1 Å². The largest absolute Gasteiger partial charge is 0.192 e. The lowest BCUT2D eigenvalue weighted by Gasteiger charge is -1.80. The van der Waals surface area contributed by atoms with Crippen molar-refractivity contribution in [3.8, 4) is 24.3 Å². The molecule has 0 fully saturated rings. The van der Waals surface area contributed by atoms with Gasteiger partial charge in [-0.1, -0.05) is 0 Å².